The third-order valence-electron chi connectivity index (χ3n) is 3.35. The van der Waals surface area contributed by atoms with Crippen molar-refractivity contribution in [2.45, 2.75) is 0 Å². The first kappa shape index (κ1) is 16.8. The van der Waals surface area contributed by atoms with Gasteiger partial charge in [0, 0.05) is 5.56 Å². The van der Waals surface area contributed by atoms with E-state index in [0.717, 1.165) is 11.3 Å². The summed E-state index contributed by atoms with van der Waals surface area (Å²) in [6.07, 6.45) is 3.20. The van der Waals surface area contributed by atoms with Crippen LogP contribution in [0.1, 0.15) is 11.1 Å². The highest BCUT2D eigenvalue weighted by Gasteiger charge is 2.23. The number of thioether (sulfide) groups is 1. The average Bonchev–Trinajstić information content (AvgIpc) is 2.97. The average molecular weight is 353 g/mol. The van der Waals surface area contributed by atoms with Gasteiger partial charge in [0.05, 0.1) is 18.2 Å². The van der Waals surface area contributed by atoms with Gasteiger partial charge in [-0.15, -0.1) is 5.10 Å². The molecule has 6 nitrogen and oxygen atoms in total. The van der Waals surface area contributed by atoms with Crippen LogP contribution in [0.4, 0.5) is 0 Å². The Morgan fingerprint density at radius 1 is 1.16 bits per heavy atom. The van der Waals surface area contributed by atoms with Crippen molar-refractivity contribution in [1.82, 2.24) is 5.32 Å². The minimum absolute atomic E-state index is 0.120. The summed E-state index contributed by atoms with van der Waals surface area (Å²) in [4.78, 5) is 12.5. The largest absolute Gasteiger partial charge is 0.507 e. The molecule has 1 fully saturated rings. The smallest absolute Gasteiger partial charge is 0.264 e. The number of carbonyl (C=O) groups is 1. The fraction of sp³-hybridized carbons (Fsp3) is 0.0556. The summed E-state index contributed by atoms with van der Waals surface area (Å²) in [6, 6.07) is 14.2. The van der Waals surface area contributed by atoms with Crippen molar-refractivity contribution in [2.24, 2.45) is 10.2 Å². The molecule has 1 amide bonds. The second-order valence-corrected chi connectivity index (χ2v) is 6.08. The predicted octanol–water partition coefficient (Wildman–Crippen LogP) is 2.99. The molecule has 0 aromatic heterocycles. The summed E-state index contributed by atoms with van der Waals surface area (Å²) in [5.41, 5.74) is 1.44. The zero-order valence-corrected chi connectivity index (χ0v) is 14.2. The number of benzene rings is 2. The van der Waals surface area contributed by atoms with Gasteiger partial charge in [0.2, 0.25) is 0 Å². The Morgan fingerprint density at radius 3 is 2.64 bits per heavy atom. The molecule has 126 valence electrons. The number of nitrogens with one attached hydrogen (secondary N) is 1. The summed E-state index contributed by atoms with van der Waals surface area (Å²) in [5.74, 6) is 0.651. The molecule has 1 aliphatic heterocycles. The Balaban J connectivity index is 1.71. The van der Waals surface area contributed by atoms with E-state index in [2.05, 4.69) is 15.5 Å². The number of para-hydroxylation sites is 1. The molecule has 0 unspecified atom stereocenters. The van der Waals surface area contributed by atoms with Crippen LogP contribution in [0.3, 0.4) is 0 Å². The van der Waals surface area contributed by atoms with Gasteiger partial charge in [0.1, 0.15) is 11.5 Å². The molecule has 2 aromatic carbocycles. The summed E-state index contributed by atoms with van der Waals surface area (Å²) < 4.78 is 5.11. The Kier molecular flexibility index (Phi) is 5.15. The molecule has 0 bridgehead atoms. The number of carbonyl (C=O) groups excluding carboxylic acids is 1. The maximum atomic E-state index is 12.0. The minimum Gasteiger partial charge on any atom is -0.507 e. The number of amides is 1. The molecule has 1 saturated heterocycles. The number of methoxy groups -OCH3 is 1. The fourth-order valence-electron chi connectivity index (χ4n) is 2.07. The Morgan fingerprint density at radius 2 is 1.92 bits per heavy atom. The molecule has 7 heteroatoms. The molecule has 0 saturated carbocycles. The summed E-state index contributed by atoms with van der Waals surface area (Å²) in [6.45, 7) is 0. The molecule has 0 aliphatic carbocycles. The van der Waals surface area contributed by atoms with E-state index in [1.165, 1.54) is 18.0 Å². The molecule has 2 aromatic rings. The monoisotopic (exact) mass is 353 g/mol. The number of hydrogen-bond acceptors (Lipinski definition) is 6. The Hall–Kier alpha value is -3.06. The van der Waals surface area contributed by atoms with Crippen LogP contribution in [0, 0.1) is 0 Å². The molecule has 25 heavy (non-hydrogen) atoms. The van der Waals surface area contributed by atoms with Crippen molar-refractivity contribution in [3.8, 4) is 11.5 Å². The lowest BCUT2D eigenvalue weighted by Crippen LogP contribution is -2.19. The van der Waals surface area contributed by atoms with Crippen LogP contribution in [0.25, 0.3) is 6.08 Å². The van der Waals surface area contributed by atoms with E-state index in [1.54, 1.807) is 37.5 Å². The van der Waals surface area contributed by atoms with Gasteiger partial charge < -0.3 is 9.84 Å². The molecule has 0 radical (unpaired) electrons. The van der Waals surface area contributed by atoms with E-state index in [-0.39, 0.29) is 11.7 Å². The van der Waals surface area contributed by atoms with Gasteiger partial charge in [-0.2, -0.15) is 5.10 Å². The molecule has 3 rings (SSSR count). The van der Waals surface area contributed by atoms with Crippen LogP contribution in [0.2, 0.25) is 0 Å². The number of aromatic hydroxyl groups is 1. The second kappa shape index (κ2) is 7.67. The summed E-state index contributed by atoms with van der Waals surface area (Å²) in [5, 5.41) is 20.6. The number of amidine groups is 1. The second-order valence-electron chi connectivity index (χ2n) is 5.05. The molecular formula is C18H15N3O3S. The van der Waals surface area contributed by atoms with E-state index in [4.69, 9.17) is 4.74 Å². The minimum atomic E-state index is -0.225. The topological polar surface area (TPSA) is 83.3 Å². The van der Waals surface area contributed by atoms with Crippen molar-refractivity contribution in [1.29, 1.82) is 0 Å². The molecule has 1 aliphatic rings. The molecule has 2 N–H and O–H groups in total. The standard InChI is InChI=1S/C18H15N3O3S/c1-24-14-8-6-12(7-9-14)10-16-17(23)20-18(25-16)21-19-11-13-4-2-3-5-15(13)22/h2-11,22H,1H3,(H,20,21,23)/b16-10-,19-11?. The first-order valence-corrected chi connectivity index (χ1v) is 8.21. The first-order valence-electron chi connectivity index (χ1n) is 7.39. The molecule has 0 spiro atoms. The summed E-state index contributed by atoms with van der Waals surface area (Å²) >= 11 is 1.21. The van der Waals surface area contributed by atoms with Crippen molar-refractivity contribution >= 4 is 35.1 Å². The van der Waals surface area contributed by atoms with Crippen LogP contribution in [0.5, 0.6) is 11.5 Å². The van der Waals surface area contributed by atoms with E-state index < -0.39 is 0 Å². The lowest BCUT2D eigenvalue weighted by atomic mass is 10.2. The lowest BCUT2D eigenvalue weighted by Gasteiger charge is -1.99. The number of nitrogens with zero attached hydrogens (tertiary/aromatic N) is 2. The van der Waals surface area contributed by atoms with Crippen LogP contribution in [-0.2, 0) is 4.79 Å². The van der Waals surface area contributed by atoms with Crippen LogP contribution in [-0.4, -0.2) is 29.5 Å². The van der Waals surface area contributed by atoms with E-state index in [1.807, 2.05) is 24.3 Å². The number of ether oxygens (including phenoxy) is 1. The fourth-order valence-corrected chi connectivity index (χ4v) is 2.85. The SMILES string of the molecule is COc1ccc(/C=C2\SC(=NN=Cc3ccccc3O)NC2=O)cc1. The third kappa shape index (κ3) is 4.27. The third-order valence-corrected chi connectivity index (χ3v) is 4.25. The van der Waals surface area contributed by atoms with Gasteiger partial charge in [-0.3, -0.25) is 10.1 Å². The van der Waals surface area contributed by atoms with E-state index in [9.17, 15) is 9.90 Å². The van der Waals surface area contributed by atoms with Crippen LogP contribution in [0.15, 0.2) is 63.6 Å². The quantitative estimate of drug-likeness (QED) is 0.503. The Labute approximate surface area is 148 Å². The number of phenolic OH excluding ortho intramolecular Hbond substituents is 1. The van der Waals surface area contributed by atoms with Crippen molar-refractivity contribution in [2.75, 3.05) is 7.11 Å². The van der Waals surface area contributed by atoms with Gasteiger partial charge in [-0.05, 0) is 47.7 Å². The highest BCUT2D eigenvalue weighted by atomic mass is 32.2. The van der Waals surface area contributed by atoms with E-state index in [0.29, 0.717) is 15.6 Å². The van der Waals surface area contributed by atoms with Crippen molar-refractivity contribution < 1.29 is 14.6 Å². The molecule has 1 heterocycles. The highest BCUT2D eigenvalue weighted by molar-refractivity contribution is 8.18. The first-order chi connectivity index (χ1) is 12.2. The zero-order chi connectivity index (χ0) is 17.6. The highest BCUT2D eigenvalue weighted by Crippen LogP contribution is 2.26. The molecular weight excluding hydrogens is 338 g/mol. The van der Waals surface area contributed by atoms with Gasteiger partial charge >= 0.3 is 0 Å². The van der Waals surface area contributed by atoms with Crippen LogP contribution < -0.4 is 10.1 Å². The van der Waals surface area contributed by atoms with Gasteiger partial charge in [-0.1, -0.05) is 24.3 Å². The maximum Gasteiger partial charge on any atom is 0.264 e. The number of phenols is 1. The number of rotatable bonds is 4. The predicted molar refractivity (Wildman–Crippen MR) is 99.8 cm³/mol. The maximum absolute atomic E-state index is 12.0. The molecule has 0 atom stereocenters. The van der Waals surface area contributed by atoms with Crippen molar-refractivity contribution in [3.05, 3.63) is 64.6 Å². The van der Waals surface area contributed by atoms with E-state index >= 15 is 0 Å². The van der Waals surface area contributed by atoms with Crippen LogP contribution >= 0.6 is 11.8 Å². The zero-order valence-electron chi connectivity index (χ0n) is 13.3. The summed E-state index contributed by atoms with van der Waals surface area (Å²) in [7, 11) is 1.60. The normalized spacial score (nSPS) is 17.4. The Bertz CT molecular complexity index is 873. The number of hydrogen-bond donors (Lipinski definition) is 2. The van der Waals surface area contributed by atoms with Crippen molar-refractivity contribution in [3.63, 3.8) is 0 Å². The van der Waals surface area contributed by atoms with Gasteiger partial charge in [0.25, 0.3) is 5.91 Å². The van der Waals surface area contributed by atoms with Gasteiger partial charge in [-0.25, -0.2) is 0 Å². The lowest BCUT2D eigenvalue weighted by molar-refractivity contribution is -0.115. The van der Waals surface area contributed by atoms with Gasteiger partial charge in [0.15, 0.2) is 5.17 Å².